The Bertz CT molecular complexity index is 383. The molecular weight excluding hydrogens is 216 g/mol. The molecule has 0 saturated carbocycles. The van der Waals surface area contributed by atoms with E-state index in [1.807, 2.05) is 12.1 Å². The SMILES string of the molecule is CCC=CCCOC(=O)c1ccccc1OC. The predicted molar refractivity (Wildman–Crippen MR) is 67.3 cm³/mol. The minimum absolute atomic E-state index is 0.340. The van der Waals surface area contributed by atoms with Gasteiger partial charge in [-0.15, -0.1) is 0 Å². The van der Waals surface area contributed by atoms with E-state index in [9.17, 15) is 4.79 Å². The number of allylic oxidation sites excluding steroid dienone is 1. The minimum atomic E-state index is -0.340. The lowest BCUT2D eigenvalue weighted by Gasteiger charge is -2.07. The van der Waals surface area contributed by atoms with Crippen molar-refractivity contribution in [2.45, 2.75) is 19.8 Å². The molecule has 92 valence electrons. The van der Waals surface area contributed by atoms with Crippen molar-refractivity contribution in [1.82, 2.24) is 0 Å². The van der Waals surface area contributed by atoms with Gasteiger partial charge in [-0.1, -0.05) is 31.2 Å². The molecule has 0 heterocycles. The molecule has 17 heavy (non-hydrogen) atoms. The van der Waals surface area contributed by atoms with Gasteiger partial charge in [-0.25, -0.2) is 4.79 Å². The van der Waals surface area contributed by atoms with Crippen LogP contribution in [0, 0.1) is 0 Å². The van der Waals surface area contributed by atoms with Crippen LogP contribution >= 0.6 is 0 Å². The van der Waals surface area contributed by atoms with Crippen molar-refractivity contribution in [2.75, 3.05) is 13.7 Å². The molecule has 0 fully saturated rings. The summed E-state index contributed by atoms with van der Waals surface area (Å²) in [6, 6.07) is 7.05. The van der Waals surface area contributed by atoms with Crippen LogP contribution in [0.4, 0.5) is 0 Å². The molecule has 3 nitrogen and oxygen atoms in total. The zero-order valence-electron chi connectivity index (χ0n) is 10.3. The Kier molecular flexibility index (Phi) is 5.86. The first-order chi connectivity index (χ1) is 8.29. The van der Waals surface area contributed by atoms with Crippen molar-refractivity contribution >= 4 is 5.97 Å². The number of methoxy groups -OCH3 is 1. The maximum absolute atomic E-state index is 11.7. The lowest BCUT2D eigenvalue weighted by molar-refractivity contribution is 0.0508. The van der Waals surface area contributed by atoms with Crippen LogP contribution in [-0.2, 0) is 4.74 Å². The number of ether oxygens (including phenoxy) is 2. The van der Waals surface area contributed by atoms with Gasteiger partial charge in [0.25, 0.3) is 0 Å². The van der Waals surface area contributed by atoms with E-state index >= 15 is 0 Å². The van der Waals surface area contributed by atoms with Crippen molar-refractivity contribution in [2.24, 2.45) is 0 Å². The second-order valence-electron chi connectivity index (χ2n) is 3.50. The Morgan fingerprint density at radius 3 is 2.76 bits per heavy atom. The summed E-state index contributed by atoms with van der Waals surface area (Å²) in [6.45, 7) is 2.46. The summed E-state index contributed by atoms with van der Waals surface area (Å²) in [7, 11) is 1.54. The van der Waals surface area contributed by atoms with Gasteiger partial charge in [0.05, 0.1) is 13.7 Å². The molecule has 0 N–H and O–H groups in total. The van der Waals surface area contributed by atoms with Crippen molar-refractivity contribution in [3.63, 3.8) is 0 Å². The van der Waals surface area contributed by atoms with Gasteiger partial charge in [-0.2, -0.15) is 0 Å². The maximum Gasteiger partial charge on any atom is 0.341 e. The molecule has 1 aromatic rings. The van der Waals surface area contributed by atoms with Crippen molar-refractivity contribution < 1.29 is 14.3 Å². The van der Waals surface area contributed by atoms with E-state index in [0.29, 0.717) is 17.9 Å². The molecule has 0 aromatic heterocycles. The Hall–Kier alpha value is -1.77. The number of carbonyl (C=O) groups is 1. The smallest absolute Gasteiger partial charge is 0.341 e. The van der Waals surface area contributed by atoms with Gasteiger partial charge in [0.1, 0.15) is 11.3 Å². The van der Waals surface area contributed by atoms with E-state index in [4.69, 9.17) is 9.47 Å². The van der Waals surface area contributed by atoms with E-state index in [2.05, 4.69) is 13.0 Å². The zero-order valence-corrected chi connectivity index (χ0v) is 10.3. The molecule has 0 aliphatic rings. The predicted octanol–water partition coefficient (Wildman–Crippen LogP) is 3.21. The summed E-state index contributed by atoms with van der Waals surface area (Å²) in [4.78, 5) is 11.7. The summed E-state index contributed by atoms with van der Waals surface area (Å²) in [6.07, 6.45) is 5.81. The third-order valence-electron chi connectivity index (χ3n) is 2.25. The van der Waals surface area contributed by atoms with Gasteiger partial charge in [-0.3, -0.25) is 0 Å². The molecule has 0 atom stereocenters. The molecule has 0 spiro atoms. The average Bonchev–Trinajstić information content (AvgIpc) is 2.38. The highest BCUT2D eigenvalue weighted by Gasteiger charge is 2.11. The molecule has 0 unspecified atom stereocenters. The fourth-order valence-corrected chi connectivity index (χ4v) is 1.40. The van der Waals surface area contributed by atoms with Gasteiger partial charge < -0.3 is 9.47 Å². The lowest BCUT2D eigenvalue weighted by Crippen LogP contribution is -2.07. The molecule has 3 heteroatoms. The normalized spacial score (nSPS) is 10.5. The van der Waals surface area contributed by atoms with Crippen LogP contribution in [0.3, 0.4) is 0 Å². The van der Waals surface area contributed by atoms with Crippen molar-refractivity contribution in [3.05, 3.63) is 42.0 Å². The first-order valence-electron chi connectivity index (χ1n) is 5.74. The van der Waals surface area contributed by atoms with Crippen LogP contribution in [-0.4, -0.2) is 19.7 Å². The third-order valence-corrected chi connectivity index (χ3v) is 2.25. The number of rotatable bonds is 6. The monoisotopic (exact) mass is 234 g/mol. The molecular formula is C14H18O3. The number of hydrogen-bond donors (Lipinski definition) is 0. The zero-order chi connectivity index (χ0) is 12.5. The van der Waals surface area contributed by atoms with E-state index in [0.717, 1.165) is 12.8 Å². The quantitative estimate of drug-likeness (QED) is 0.431. The highest BCUT2D eigenvalue weighted by molar-refractivity contribution is 5.92. The van der Waals surface area contributed by atoms with Crippen LogP contribution in [0.2, 0.25) is 0 Å². The standard InChI is InChI=1S/C14H18O3/c1-3-4-5-8-11-17-14(15)12-9-6-7-10-13(12)16-2/h4-7,9-10H,3,8,11H2,1-2H3. The van der Waals surface area contributed by atoms with E-state index in [-0.39, 0.29) is 5.97 Å². The Labute approximate surface area is 102 Å². The van der Waals surface area contributed by atoms with Crippen LogP contribution in [0.1, 0.15) is 30.1 Å². The molecule has 0 saturated heterocycles. The second-order valence-corrected chi connectivity index (χ2v) is 3.50. The largest absolute Gasteiger partial charge is 0.496 e. The first kappa shape index (κ1) is 13.3. The lowest BCUT2D eigenvalue weighted by atomic mass is 10.2. The number of para-hydroxylation sites is 1. The second kappa shape index (κ2) is 7.49. The van der Waals surface area contributed by atoms with Gasteiger partial charge in [-0.05, 0) is 25.0 Å². The van der Waals surface area contributed by atoms with Crippen molar-refractivity contribution in [3.8, 4) is 5.75 Å². The number of esters is 1. The van der Waals surface area contributed by atoms with Crippen molar-refractivity contribution in [1.29, 1.82) is 0 Å². The van der Waals surface area contributed by atoms with Crippen LogP contribution in [0.5, 0.6) is 5.75 Å². The van der Waals surface area contributed by atoms with E-state index < -0.39 is 0 Å². The molecule has 0 bridgehead atoms. The van der Waals surface area contributed by atoms with Crippen LogP contribution < -0.4 is 4.74 Å². The molecule has 1 rings (SSSR count). The summed E-state index contributed by atoms with van der Waals surface area (Å²) >= 11 is 0. The average molecular weight is 234 g/mol. The molecule has 0 aliphatic carbocycles. The summed E-state index contributed by atoms with van der Waals surface area (Å²) in [5.74, 6) is 0.203. The fraction of sp³-hybridized carbons (Fsp3) is 0.357. The van der Waals surface area contributed by atoms with E-state index in [1.54, 1.807) is 18.2 Å². The maximum atomic E-state index is 11.7. The van der Waals surface area contributed by atoms with Gasteiger partial charge in [0.2, 0.25) is 0 Å². The Morgan fingerprint density at radius 1 is 1.29 bits per heavy atom. The molecule has 0 amide bonds. The Balaban J connectivity index is 2.49. The summed E-state index contributed by atoms with van der Waals surface area (Å²) in [5.41, 5.74) is 0.467. The van der Waals surface area contributed by atoms with Gasteiger partial charge >= 0.3 is 5.97 Å². The summed E-state index contributed by atoms with van der Waals surface area (Å²) in [5, 5.41) is 0. The first-order valence-corrected chi connectivity index (χ1v) is 5.74. The topological polar surface area (TPSA) is 35.5 Å². The highest BCUT2D eigenvalue weighted by Crippen LogP contribution is 2.18. The molecule has 0 aliphatic heterocycles. The molecule has 0 radical (unpaired) electrons. The third kappa shape index (κ3) is 4.31. The minimum Gasteiger partial charge on any atom is -0.496 e. The van der Waals surface area contributed by atoms with Gasteiger partial charge in [0.15, 0.2) is 0 Å². The number of hydrogen-bond acceptors (Lipinski definition) is 3. The van der Waals surface area contributed by atoms with Gasteiger partial charge in [0, 0.05) is 0 Å². The summed E-state index contributed by atoms with van der Waals surface area (Å²) < 4.78 is 10.2. The van der Waals surface area contributed by atoms with Crippen LogP contribution in [0.15, 0.2) is 36.4 Å². The molecule has 1 aromatic carbocycles. The number of carbonyl (C=O) groups excluding carboxylic acids is 1. The van der Waals surface area contributed by atoms with E-state index in [1.165, 1.54) is 7.11 Å². The van der Waals surface area contributed by atoms with Crippen LogP contribution in [0.25, 0.3) is 0 Å². The number of benzene rings is 1. The Morgan fingerprint density at radius 2 is 2.06 bits per heavy atom. The highest BCUT2D eigenvalue weighted by atomic mass is 16.5. The fourth-order valence-electron chi connectivity index (χ4n) is 1.40.